The average Bonchev–Trinajstić information content (AvgIpc) is 2.98. The molecule has 2 aromatic heterocycles. The molecule has 0 aliphatic heterocycles. The third kappa shape index (κ3) is 2.70. The molecule has 0 unspecified atom stereocenters. The van der Waals surface area contributed by atoms with Crippen LogP contribution in [0.4, 0.5) is 5.95 Å². The average molecular weight is 358 g/mol. The molecule has 10 nitrogen and oxygen atoms in total. The topological polar surface area (TPSA) is 127 Å². The van der Waals surface area contributed by atoms with E-state index in [1.807, 2.05) is 6.92 Å². The molecule has 1 aromatic carbocycles. The number of aryl methyl sites for hydroxylation is 2. The van der Waals surface area contributed by atoms with Gasteiger partial charge < -0.3 is 14.8 Å². The smallest absolute Gasteiger partial charge is 0.332 e. The normalized spacial score (nSPS) is 11.5. The van der Waals surface area contributed by atoms with Crippen LogP contribution in [0.3, 0.4) is 0 Å². The van der Waals surface area contributed by atoms with Gasteiger partial charge in [-0.05, 0) is 19.1 Å². The van der Waals surface area contributed by atoms with E-state index in [-0.39, 0.29) is 23.1 Å². The molecule has 10 heteroatoms. The lowest BCUT2D eigenvalue weighted by Gasteiger charge is -2.06. The summed E-state index contributed by atoms with van der Waals surface area (Å²) >= 11 is 0. The number of rotatable bonds is 4. The molecule has 3 rings (SSSR count). The van der Waals surface area contributed by atoms with Gasteiger partial charge in [0.2, 0.25) is 5.95 Å². The van der Waals surface area contributed by atoms with Crippen LogP contribution in [0.25, 0.3) is 11.2 Å². The van der Waals surface area contributed by atoms with E-state index in [2.05, 4.69) is 15.5 Å². The molecule has 0 aliphatic carbocycles. The molecule has 136 valence electrons. The standard InChI is InChI=1S/C16H18N6O4/c1-4-22-12-13(20(2)16(26)21(3)14(12)25)18-15(22)19-17-8-9-5-6-10(23)7-11(9)24/h5-8,23-24H,4H2,1-3H3,(H,18,19). The lowest BCUT2D eigenvalue weighted by molar-refractivity contribution is 0.450. The molecule has 3 N–H and O–H groups in total. The Morgan fingerprint density at radius 2 is 1.96 bits per heavy atom. The summed E-state index contributed by atoms with van der Waals surface area (Å²) in [6.07, 6.45) is 1.35. The Hall–Kier alpha value is -3.56. The van der Waals surface area contributed by atoms with Crippen LogP contribution in [0.5, 0.6) is 11.5 Å². The highest BCUT2D eigenvalue weighted by molar-refractivity contribution is 5.84. The Morgan fingerprint density at radius 3 is 2.62 bits per heavy atom. The molecule has 2 heterocycles. The fourth-order valence-corrected chi connectivity index (χ4v) is 2.64. The summed E-state index contributed by atoms with van der Waals surface area (Å²) < 4.78 is 3.94. The highest BCUT2D eigenvalue weighted by Crippen LogP contribution is 2.21. The second-order valence-corrected chi connectivity index (χ2v) is 5.67. The molecular formula is C16H18N6O4. The van der Waals surface area contributed by atoms with E-state index in [1.165, 1.54) is 36.0 Å². The van der Waals surface area contributed by atoms with Gasteiger partial charge in [-0.25, -0.2) is 10.2 Å². The van der Waals surface area contributed by atoms with Gasteiger partial charge in [0.15, 0.2) is 11.2 Å². The second kappa shape index (κ2) is 6.39. The zero-order chi connectivity index (χ0) is 19.0. The molecule has 0 saturated carbocycles. The van der Waals surface area contributed by atoms with E-state index in [1.54, 1.807) is 11.6 Å². The minimum atomic E-state index is -0.465. The first-order valence-electron chi connectivity index (χ1n) is 7.82. The Kier molecular flexibility index (Phi) is 4.24. The summed E-state index contributed by atoms with van der Waals surface area (Å²) in [5.74, 6) is 0.100. The summed E-state index contributed by atoms with van der Waals surface area (Å²) in [7, 11) is 2.95. The van der Waals surface area contributed by atoms with Crippen LogP contribution in [0, 0.1) is 0 Å². The van der Waals surface area contributed by atoms with Gasteiger partial charge in [0.25, 0.3) is 5.56 Å². The molecule has 0 saturated heterocycles. The zero-order valence-electron chi connectivity index (χ0n) is 14.5. The van der Waals surface area contributed by atoms with Gasteiger partial charge in [-0.15, -0.1) is 0 Å². The number of aromatic nitrogens is 4. The van der Waals surface area contributed by atoms with Crippen LogP contribution in [-0.4, -0.2) is 35.1 Å². The fourth-order valence-electron chi connectivity index (χ4n) is 2.64. The molecule has 0 aliphatic rings. The Morgan fingerprint density at radius 1 is 1.23 bits per heavy atom. The first-order valence-corrected chi connectivity index (χ1v) is 7.82. The first kappa shape index (κ1) is 17.3. The van der Waals surface area contributed by atoms with Crippen molar-refractivity contribution in [1.82, 2.24) is 18.7 Å². The Bertz CT molecular complexity index is 1140. The number of imidazole rings is 1. The molecule has 0 fully saturated rings. The number of nitrogens with one attached hydrogen (secondary N) is 1. The number of fused-ring (bicyclic) bond motifs is 1. The maximum absolute atomic E-state index is 12.4. The van der Waals surface area contributed by atoms with Crippen LogP contribution in [-0.2, 0) is 20.6 Å². The van der Waals surface area contributed by atoms with Crippen molar-refractivity contribution in [3.63, 3.8) is 0 Å². The number of phenols is 2. The highest BCUT2D eigenvalue weighted by Gasteiger charge is 2.17. The van der Waals surface area contributed by atoms with E-state index in [9.17, 15) is 19.8 Å². The lowest BCUT2D eigenvalue weighted by atomic mass is 10.2. The summed E-state index contributed by atoms with van der Waals surface area (Å²) in [4.78, 5) is 28.8. The maximum Gasteiger partial charge on any atom is 0.332 e. The molecule has 0 radical (unpaired) electrons. The number of phenolic OH excluding ortho intramolecular Hbond substituents is 2. The van der Waals surface area contributed by atoms with Crippen molar-refractivity contribution >= 4 is 23.3 Å². The third-order valence-electron chi connectivity index (χ3n) is 4.05. The van der Waals surface area contributed by atoms with Crippen LogP contribution >= 0.6 is 0 Å². The maximum atomic E-state index is 12.4. The summed E-state index contributed by atoms with van der Waals surface area (Å²) in [6, 6.07) is 4.11. The molecular weight excluding hydrogens is 340 g/mol. The van der Waals surface area contributed by atoms with Crippen molar-refractivity contribution in [2.45, 2.75) is 13.5 Å². The quantitative estimate of drug-likeness (QED) is 0.455. The lowest BCUT2D eigenvalue weighted by Crippen LogP contribution is -2.37. The highest BCUT2D eigenvalue weighted by atomic mass is 16.3. The van der Waals surface area contributed by atoms with E-state index in [0.717, 1.165) is 4.57 Å². The van der Waals surface area contributed by atoms with Crippen molar-refractivity contribution < 1.29 is 10.2 Å². The van der Waals surface area contributed by atoms with Crippen molar-refractivity contribution in [2.75, 3.05) is 5.43 Å². The van der Waals surface area contributed by atoms with Crippen molar-refractivity contribution in [3.05, 3.63) is 44.6 Å². The number of aromatic hydroxyl groups is 2. The molecule has 0 bridgehead atoms. The SMILES string of the molecule is CCn1c(NN=Cc2ccc(O)cc2O)nc2c1c(=O)n(C)c(=O)n2C. The first-order chi connectivity index (χ1) is 12.3. The van der Waals surface area contributed by atoms with Crippen molar-refractivity contribution in [3.8, 4) is 11.5 Å². The van der Waals surface area contributed by atoms with Crippen molar-refractivity contribution in [2.24, 2.45) is 19.2 Å². The largest absolute Gasteiger partial charge is 0.508 e. The van der Waals surface area contributed by atoms with Gasteiger partial charge in [0, 0.05) is 32.3 Å². The predicted octanol–water partition coefficient (Wildman–Crippen LogP) is 0.311. The van der Waals surface area contributed by atoms with Gasteiger partial charge >= 0.3 is 5.69 Å². The molecule has 26 heavy (non-hydrogen) atoms. The number of hydrogen-bond acceptors (Lipinski definition) is 7. The minimum absolute atomic E-state index is 0.0582. The number of hydrogen-bond donors (Lipinski definition) is 3. The van der Waals surface area contributed by atoms with Gasteiger partial charge in [-0.3, -0.25) is 13.9 Å². The number of hydrazone groups is 1. The van der Waals surface area contributed by atoms with Crippen LogP contribution in [0.1, 0.15) is 12.5 Å². The van der Waals surface area contributed by atoms with E-state index in [4.69, 9.17) is 0 Å². The van der Waals surface area contributed by atoms with E-state index < -0.39 is 11.2 Å². The van der Waals surface area contributed by atoms with Crippen LogP contribution in [0.2, 0.25) is 0 Å². The van der Waals surface area contributed by atoms with E-state index >= 15 is 0 Å². The predicted molar refractivity (Wildman–Crippen MR) is 96.9 cm³/mol. The number of nitrogens with zero attached hydrogens (tertiary/aromatic N) is 5. The second-order valence-electron chi connectivity index (χ2n) is 5.67. The van der Waals surface area contributed by atoms with E-state index in [0.29, 0.717) is 17.6 Å². The third-order valence-corrected chi connectivity index (χ3v) is 4.05. The minimum Gasteiger partial charge on any atom is -0.508 e. The summed E-state index contributed by atoms with van der Waals surface area (Å²) in [5, 5.41) is 23.1. The van der Waals surface area contributed by atoms with Gasteiger partial charge in [-0.1, -0.05) is 0 Å². The molecule has 3 aromatic rings. The molecule has 0 amide bonds. The monoisotopic (exact) mass is 358 g/mol. The van der Waals surface area contributed by atoms with Gasteiger partial charge in [0.1, 0.15) is 11.5 Å². The summed E-state index contributed by atoms with van der Waals surface area (Å²) in [5.41, 5.74) is 2.75. The summed E-state index contributed by atoms with van der Waals surface area (Å²) in [6.45, 7) is 2.28. The van der Waals surface area contributed by atoms with Gasteiger partial charge in [0.05, 0.1) is 6.21 Å². The Balaban J connectivity index is 2.04. The van der Waals surface area contributed by atoms with Crippen LogP contribution in [0.15, 0.2) is 32.9 Å². The number of benzene rings is 1. The van der Waals surface area contributed by atoms with Crippen molar-refractivity contribution in [1.29, 1.82) is 0 Å². The number of anilines is 1. The fraction of sp³-hybridized carbons (Fsp3) is 0.250. The molecule has 0 spiro atoms. The zero-order valence-corrected chi connectivity index (χ0v) is 14.5. The van der Waals surface area contributed by atoms with Crippen LogP contribution < -0.4 is 16.7 Å². The van der Waals surface area contributed by atoms with Gasteiger partial charge in [-0.2, -0.15) is 10.1 Å². The Labute approximate surface area is 147 Å². The molecule has 0 atom stereocenters.